The predicted molar refractivity (Wildman–Crippen MR) is 238 cm³/mol. The van der Waals surface area contributed by atoms with Gasteiger partial charge in [-0.1, -0.05) is 48.5 Å². The molecule has 282 valence electrons. The van der Waals surface area contributed by atoms with Crippen molar-refractivity contribution in [3.05, 3.63) is 207 Å². The monoisotopic (exact) mass is 770 g/mol. The highest BCUT2D eigenvalue weighted by atomic mass is 14.8. The Morgan fingerprint density at radius 2 is 0.400 bits per heavy atom. The van der Waals surface area contributed by atoms with Gasteiger partial charge in [-0.25, -0.2) is 19.9 Å². The zero-order valence-corrected chi connectivity index (χ0v) is 32.2. The number of aromatic nitrogens is 8. The van der Waals surface area contributed by atoms with Crippen molar-refractivity contribution in [2.75, 3.05) is 0 Å². The fourth-order valence-electron chi connectivity index (χ4n) is 7.19. The lowest BCUT2D eigenvalue weighted by Crippen LogP contribution is -1.95. The van der Waals surface area contributed by atoms with E-state index in [1.54, 1.807) is 24.8 Å². The van der Waals surface area contributed by atoms with Gasteiger partial charge >= 0.3 is 0 Å². The third kappa shape index (κ3) is 7.68. The van der Waals surface area contributed by atoms with Gasteiger partial charge in [-0.15, -0.1) is 0 Å². The van der Waals surface area contributed by atoms with Crippen LogP contribution >= 0.6 is 0 Å². The first-order valence-corrected chi connectivity index (χ1v) is 19.6. The molecule has 0 unspecified atom stereocenters. The quantitative estimate of drug-likeness (QED) is 0.143. The smallest absolute Gasteiger partial charge is 0.0893 e. The van der Waals surface area contributed by atoms with E-state index in [2.05, 4.69) is 56.3 Å². The van der Waals surface area contributed by atoms with Crippen molar-refractivity contribution >= 4 is 0 Å². The molecule has 0 aliphatic heterocycles. The molecule has 0 N–H and O–H groups in total. The minimum atomic E-state index is 0.789. The molecule has 10 rings (SSSR count). The highest BCUT2D eigenvalue weighted by Gasteiger charge is 2.16. The maximum Gasteiger partial charge on any atom is 0.0893 e. The molecule has 0 bridgehead atoms. The van der Waals surface area contributed by atoms with Crippen molar-refractivity contribution in [2.45, 2.75) is 0 Å². The second-order valence-corrected chi connectivity index (χ2v) is 14.1. The largest absolute Gasteiger partial charge is 0.255 e. The van der Waals surface area contributed by atoms with Crippen LogP contribution in [0.15, 0.2) is 207 Å². The molecule has 8 heteroatoms. The Hall–Kier alpha value is -8.36. The van der Waals surface area contributed by atoms with Crippen LogP contribution in [0.1, 0.15) is 0 Å². The molecule has 0 fully saturated rings. The predicted octanol–water partition coefficient (Wildman–Crippen LogP) is 11.8. The SMILES string of the molecule is c1ccc(-c2cccc(-c3cc(-c4cc(-c5cccc(-c6ccccn6)n5)cc(-c5cccc(-c6ccccn6)n5)c4)cc(-c4cccc(-c5ccccn5)n4)c3)n2)nc1. The third-order valence-corrected chi connectivity index (χ3v) is 10.1. The van der Waals surface area contributed by atoms with Gasteiger partial charge in [0, 0.05) is 47.0 Å². The molecule has 8 nitrogen and oxygen atoms in total. The molecule has 8 aromatic heterocycles. The topological polar surface area (TPSA) is 103 Å². The highest BCUT2D eigenvalue weighted by molar-refractivity contribution is 5.85. The molecule has 0 aliphatic carbocycles. The maximum absolute atomic E-state index is 5.13. The van der Waals surface area contributed by atoms with Crippen molar-refractivity contribution < 1.29 is 0 Å². The van der Waals surface area contributed by atoms with Gasteiger partial charge in [-0.2, -0.15) is 0 Å². The van der Waals surface area contributed by atoms with E-state index < -0.39 is 0 Å². The lowest BCUT2D eigenvalue weighted by atomic mass is 9.92. The first-order chi connectivity index (χ1) is 29.7. The number of pyridine rings is 8. The van der Waals surface area contributed by atoms with Crippen LogP contribution in [0.2, 0.25) is 0 Å². The average Bonchev–Trinajstić information content (AvgIpc) is 3.35. The van der Waals surface area contributed by atoms with E-state index in [4.69, 9.17) is 19.9 Å². The molecule has 10 aromatic rings. The van der Waals surface area contributed by atoms with Crippen LogP contribution in [0.3, 0.4) is 0 Å². The molecule has 0 amide bonds. The van der Waals surface area contributed by atoms with Crippen LogP contribution in [0.25, 0.3) is 102 Å². The zero-order chi connectivity index (χ0) is 40.1. The zero-order valence-electron chi connectivity index (χ0n) is 32.2. The second kappa shape index (κ2) is 16.2. The number of benzene rings is 2. The minimum absolute atomic E-state index is 0.789. The summed E-state index contributed by atoms with van der Waals surface area (Å²) in [4.78, 5) is 38.9. The lowest BCUT2D eigenvalue weighted by Gasteiger charge is -2.15. The summed E-state index contributed by atoms with van der Waals surface area (Å²) in [5.74, 6) is 0. The van der Waals surface area contributed by atoms with Gasteiger partial charge in [0.2, 0.25) is 0 Å². The van der Waals surface area contributed by atoms with E-state index in [0.717, 1.165) is 102 Å². The molecule has 0 radical (unpaired) electrons. The van der Waals surface area contributed by atoms with Gasteiger partial charge < -0.3 is 0 Å². The van der Waals surface area contributed by atoms with Crippen molar-refractivity contribution in [3.8, 4) is 102 Å². The minimum Gasteiger partial charge on any atom is -0.255 e. The fraction of sp³-hybridized carbons (Fsp3) is 0. The van der Waals surface area contributed by atoms with Crippen molar-refractivity contribution in [1.82, 2.24) is 39.9 Å². The van der Waals surface area contributed by atoms with Gasteiger partial charge in [-0.05, 0) is 145 Å². The number of hydrogen-bond acceptors (Lipinski definition) is 8. The Morgan fingerprint density at radius 3 is 0.633 bits per heavy atom. The Bertz CT molecular complexity index is 2670. The first-order valence-electron chi connectivity index (χ1n) is 19.6. The molecule has 2 aromatic carbocycles. The molecule has 0 atom stereocenters. The maximum atomic E-state index is 5.13. The van der Waals surface area contributed by atoms with Crippen LogP contribution in [0.4, 0.5) is 0 Å². The molecule has 8 heterocycles. The standard InChI is InChI=1S/C52H34N8/c1-5-25-53-45(13-1)49-21-9-17-41(57-49)37-29-35(30-38(33-37)42-18-10-22-50(58-42)46-14-2-6-26-54-46)36-31-39(43-19-11-23-51(59-43)47-15-3-7-27-55-47)34-40(32-36)44-20-12-24-52(60-44)48-16-4-8-28-56-48/h1-34H. The van der Waals surface area contributed by atoms with Gasteiger partial charge in [0.1, 0.15) is 0 Å². The first kappa shape index (κ1) is 36.0. The van der Waals surface area contributed by atoms with Crippen molar-refractivity contribution in [1.29, 1.82) is 0 Å². The van der Waals surface area contributed by atoms with Crippen LogP contribution in [0.5, 0.6) is 0 Å². The average molecular weight is 771 g/mol. The number of rotatable bonds is 9. The van der Waals surface area contributed by atoms with E-state index in [0.29, 0.717) is 0 Å². The third-order valence-electron chi connectivity index (χ3n) is 10.1. The molecular formula is C52H34N8. The summed E-state index contributed by atoms with van der Waals surface area (Å²) in [5, 5.41) is 0. The summed E-state index contributed by atoms with van der Waals surface area (Å²) < 4.78 is 0. The summed E-state index contributed by atoms with van der Waals surface area (Å²) in [7, 11) is 0. The number of nitrogens with zero attached hydrogens (tertiary/aromatic N) is 8. The molecule has 0 saturated heterocycles. The summed E-state index contributed by atoms with van der Waals surface area (Å²) in [5.41, 5.74) is 15.3. The van der Waals surface area contributed by atoms with E-state index in [-0.39, 0.29) is 0 Å². The van der Waals surface area contributed by atoms with E-state index >= 15 is 0 Å². The van der Waals surface area contributed by atoms with Crippen LogP contribution < -0.4 is 0 Å². The van der Waals surface area contributed by atoms with Gasteiger partial charge in [0.15, 0.2) is 0 Å². The fourth-order valence-corrected chi connectivity index (χ4v) is 7.19. The van der Waals surface area contributed by atoms with E-state index in [1.165, 1.54) is 0 Å². The summed E-state index contributed by atoms with van der Waals surface area (Å²) in [6.45, 7) is 0. The summed E-state index contributed by atoms with van der Waals surface area (Å²) in [6.07, 6.45) is 7.15. The van der Waals surface area contributed by atoms with E-state index in [1.807, 2.05) is 146 Å². The van der Waals surface area contributed by atoms with Gasteiger partial charge in [-0.3, -0.25) is 19.9 Å². The highest BCUT2D eigenvalue weighted by Crippen LogP contribution is 2.37. The van der Waals surface area contributed by atoms with Crippen LogP contribution in [0, 0.1) is 0 Å². The van der Waals surface area contributed by atoms with Crippen LogP contribution in [-0.4, -0.2) is 39.9 Å². The normalized spacial score (nSPS) is 11.0. The molecule has 0 saturated carbocycles. The summed E-state index contributed by atoms with van der Waals surface area (Å²) in [6, 6.07) is 60.7. The summed E-state index contributed by atoms with van der Waals surface area (Å²) >= 11 is 0. The second-order valence-electron chi connectivity index (χ2n) is 14.1. The molecule has 0 aliphatic rings. The Labute approximate surface area is 347 Å². The molecule has 60 heavy (non-hydrogen) atoms. The van der Waals surface area contributed by atoms with E-state index in [9.17, 15) is 0 Å². The molecule has 0 spiro atoms. The lowest BCUT2D eigenvalue weighted by molar-refractivity contribution is 1.24. The Kier molecular flexibility index (Phi) is 9.75. The van der Waals surface area contributed by atoms with Crippen molar-refractivity contribution in [2.24, 2.45) is 0 Å². The number of hydrogen-bond donors (Lipinski definition) is 0. The van der Waals surface area contributed by atoms with Crippen LogP contribution in [-0.2, 0) is 0 Å². The van der Waals surface area contributed by atoms with Crippen molar-refractivity contribution in [3.63, 3.8) is 0 Å². The Balaban J connectivity index is 1.17. The Morgan fingerprint density at radius 1 is 0.183 bits per heavy atom. The molecular weight excluding hydrogens is 737 g/mol. The van der Waals surface area contributed by atoms with Gasteiger partial charge in [0.25, 0.3) is 0 Å². The van der Waals surface area contributed by atoms with Gasteiger partial charge in [0.05, 0.1) is 68.3 Å².